The summed E-state index contributed by atoms with van der Waals surface area (Å²) in [5.41, 5.74) is 9.47. The molecular weight excluding hydrogens is 636 g/mol. The minimum absolute atomic E-state index is 1.05. The highest BCUT2D eigenvalue weighted by Crippen LogP contribution is 2.40. The Kier molecular flexibility index (Phi) is 5.76. The first-order chi connectivity index (χ1) is 23.2. The van der Waals surface area contributed by atoms with Gasteiger partial charge in [0.25, 0.3) is 0 Å². The molecule has 47 heavy (non-hydrogen) atoms. The van der Waals surface area contributed by atoms with Crippen molar-refractivity contribution in [2.24, 2.45) is 0 Å². The number of aromatic nitrogens is 2. The molecule has 3 heteroatoms. The quantitative estimate of drug-likeness (QED) is 0.178. The number of nitrogens with zero attached hydrogens (tertiary/aromatic N) is 2. The lowest BCUT2D eigenvalue weighted by atomic mass is 10.0. The van der Waals surface area contributed by atoms with Crippen LogP contribution in [0.4, 0.5) is 0 Å². The second kappa shape index (κ2) is 10.2. The smallest absolute Gasteiger partial charge is 0.0619 e. The van der Waals surface area contributed by atoms with Crippen LogP contribution in [0.3, 0.4) is 0 Å². The fourth-order valence-corrected chi connectivity index (χ4v) is 8.19. The summed E-state index contributed by atoms with van der Waals surface area (Å²) >= 11 is 3.89. The number of hydrogen-bond acceptors (Lipinski definition) is 0. The molecule has 0 spiro atoms. The average Bonchev–Trinajstić information content (AvgIpc) is 3.65. The van der Waals surface area contributed by atoms with Crippen LogP contribution in [0.5, 0.6) is 0 Å². The fourth-order valence-electron chi connectivity index (χ4n) is 7.71. The van der Waals surface area contributed by atoms with E-state index < -0.39 is 0 Å². The summed E-state index contributed by atoms with van der Waals surface area (Å²) in [6, 6.07) is 59.7. The van der Waals surface area contributed by atoms with Gasteiger partial charge in [0.1, 0.15) is 0 Å². The molecule has 8 aromatic carbocycles. The standard InChI is InChI=1S/C44H27BrN2/c45-32-24-31(26-34(27-32)46-41-19-8-6-17-39(41)43-35-14-3-1-10-28(35)21-23-42(43)46)30-12-9-13-33(25-30)47-40-18-7-5-16-37(40)38-22-20-29-11-2-4-15-36(29)44(38)47/h1-27H. The second-order valence-electron chi connectivity index (χ2n) is 12.3. The van der Waals surface area contributed by atoms with E-state index in [1.807, 2.05) is 0 Å². The molecule has 0 aliphatic heterocycles. The van der Waals surface area contributed by atoms with Crippen LogP contribution in [0.1, 0.15) is 0 Å². The summed E-state index contributed by atoms with van der Waals surface area (Å²) in [6.45, 7) is 0. The van der Waals surface area contributed by atoms with Crippen LogP contribution in [-0.4, -0.2) is 9.13 Å². The number of hydrogen-bond donors (Lipinski definition) is 0. The summed E-state index contributed by atoms with van der Waals surface area (Å²) in [6.07, 6.45) is 0. The monoisotopic (exact) mass is 662 g/mol. The molecule has 220 valence electrons. The van der Waals surface area contributed by atoms with Crippen molar-refractivity contribution < 1.29 is 0 Å². The molecule has 0 bridgehead atoms. The van der Waals surface area contributed by atoms with E-state index in [9.17, 15) is 0 Å². The summed E-state index contributed by atoms with van der Waals surface area (Å²) < 4.78 is 5.90. The van der Waals surface area contributed by atoms with Gasteiger partial charge in [-0.1, -0.05) is 131 Å². The molecule has 2 heterocycles. The largest absolute Gasteiger partial charge is 0.309 e. The predicted molar refractivity (Wildman–Crippen MR) is 203 cm³/mol. The van der Waals surface area contributed by atoms with Crippen LogP contribution >= 0.6 is 15.9 Å². The van der Waals surface area contributed by atoms with Crippen LogP contribution in [0.15, 0.2) is 168 Å². The van der Waals surface area contributed by atoms with E-state index in [-0.39, 0.29) is 0 Å². The lowest BCUT2D eigenvalue weighted by Crippen LogP contribution is -1.96. The molecule has 10 rings (SSSR count). The van der Waals surface area contributed by atoms with E-state index in [1.165, 1.54) is 70.7 Å². The molecule has 2 nitrogen and oxygen atoms in total. The number of benzene rings is 8. The van der Waals surface area contributed by atoms with Crippen molar-refractivity contribution in [1.29, 1.82) is 0 Å². The molecule has 0 saturated carbocycles. The molecule has 0 N–H and O–H groups in total. The minimum atomic E-state index is 1.05. The molecule has 10 aromatic rings. The first kappa shape index (κ1) is 26.6. The van der Waals surface area contributed by atoms with Crippen molar-refractivity contribution in [3.05, 3.63) is 168 Å². The Balaban J connectivity index is 1.21. The first-order valence-corrected chi connectivity index (χ1v) is 16.8. The lowest BCUT2D eigenvalue weighted by molar-refractivity contribution is 1.17. The van der Waals surface area contributed by atoms with Gasteiger partial charge >= 0.3 is 0 Å². The number of para-hydroxylation sites is 2. The molecule has 0 aliphatic carbocycles. The predicted octanol–water partition coefficient (Wildman–Crippen LogP) is 12.6. The van der Waals surface area contributed by atoms with Crippen LogP contribution in [0, 0.1) is 0 Å². The van der Waals surface area contributed by atoms with Crippen LogP contribution < -0.4 is 0 Å². The molecule has 2 aromatic heterocycles. The van der Waals surface area contributed by atoms with E-state index in [1.54, 1.807) is 0 Å². The summed E-state index contributed by atoms with van der Waals surface area (Å²) in [5, 5.41) is 10.1. The Morgan fingerprint density at radius 3 is 1.83 bits per heavy atom. The summed E-state index contributed by atoms with van der Waals surface area (Å²) in [4.78, 5) is 0. The van der Waals surface area contributed by atoms with Gasteiger partial charge in [-0.3, -0.25) is 0 Å². The van der Waals surface area contributed by atoms with Crippen molar-refractivity contribution in [2.45, 2.75) is 0 Å². The van der Waals surface area contributed by atoms with Crippen molar-refractivity contribution in [3.63, 3.8) is 0 Å². The zero-order valence-corrected chi connectivity index (χ0v) is 26.9. The van der Waals surface area contributed by atoms with Crippen molar-refractivity contribution in [2.75, 3.05) is 0 Å². The highest BCUT2D eigenvalue weighted by Gasteiger charge is 2.17. The van der Waals surface area contributed by atoms with E-state index in [2.05, 4.69) is 189 Å². The second-order valence-corrected chi connectivity index (χ2v) is 13.2. The van der Waals surface area contributed by atoms with E-state index in [0.29, 0.717) is 0 Å². The van der Waals surface area contributed by atoms with Gasteiger partial charge in [0.2, 0.25) is 0 Å². The third kappa shape index (κ3) is 3.97. The Hall–Kier alpha value is -5.64. The van der Waals surface area contributed by atoms with Crippen LogP contribution in [-0.2, 0) is 0 Å². The average molecular weight is 664 g/mol. The number of fused-ring (bicyclic) bond motifs is 10. The maximum atomic E-state index is 3.89. The van der Waals surface area contributed by atoms with Crippen molar-refractivity contribution in [3.8, 4) is 22.5 Å². The molecule has 0 aliphatic rings. The Morgan fingerprint density at radius 2 is 1.00 bits per heavy atom. The van der Waals surface area contributed by atoms with Gasteiger partial charge in [0.05, 0.1) is 22.1 Å². The minimum Gasteiger partial charge on any atom is -0.309 e. The Labute approximate surface area is 279 Å². The first-order valence-electron chi connectivity index (χ1n) is 16.0. The highest BCUT2D eigenvalue weighted by molar-refractivity contribution is 9.10. The van der Waals surface area contributed by atoms with Gasteiger partial charge in [0.15, 0.2) is 0 Å². The van der Waals surface area contributed by atoms with Crippen molar-refractivity contribution in [1.82, 2.24) is 9.13 Å². The molecule has 0 amide bonds. The number of halogens is 1. The maximum Gasteiger partial charge on any atom is 0.0619 e. The molecule has 0 fully saturated rings. The van der Waals surface area contributed by atoms with Gasteiger partial charge in [0, 0.05) is 42.8 Å². The Morgan fingerprint density at radius 1 is 0.362 bits per heavy atom. The fraction of sp³-hybridized carbons (Fsp3) is 0. The zero-order valence-electron chi connectivity index (χ0n) is 25.4. The SMILES string of the molecule is Brc1cc(-c2cccc(-n3c4ccccc4c4ccc5ccccc5c43)c2)cc(-n2c3ccccc3c3c4ccccc4ccc32)c1. The van der Waals surface area contributed by atoms with Crippen LogP contribution in [0.2, 0.25) is 0 Å². The third-order valence-corrected chi connectivity index (χ3v) is 10.2. The van der Waals surface area contributed by atoms with Gasteiger partial charge in [-0.2, -0.15) is 0 Å². The Bertz CT molecular complexity index is 2870. The van der Waals surface area contributed by atoms with E-state index >= 15 is 0 Å². The van der Waals surface area contributed by atoms with Gasteiger partial charge in [-0.05, 0) is 75.8 Å². The normalized spacial score (nSPS) is 11.9. The summed E-state index contributed by atoms with van der Waals surface area (Å²) in [5.74, 6) is 0. The van der Waals surface area contributed by atoms with E-state index in [0.717, 1.165) is 21.4 Å². The molecule has 0 saturated heterocycles. The van der Waals surface area contributed by atoms with Gasteiger partial charge in [-0.25, -0.2) is 0 Å². The van der Waals surface area contributed by atoms with Gasteiger partial charge < -0.3 is 9.13 Å². The highest BCUT2D eigenvalue weighted by atomic mass is 79.9. The molecule has 0 radical (unpaired) electrons. The maximum absolute atomic E-state index is 3.89. The topological polar surface area (TPSA) is 9.86 Å². The third-order valence-electron chi connectivity index (χ3n) is 9.70. The van der Waals surface area contributed by atoms with E-state index in [4.69, 9.17) is 0 Å². The van der Waals surface area contributed by atoms with Crippen molar-refractivity contribution >= 4 is 81.1 Å². The molecule has 0 atom stereocenters. The molecule has 0 unspecified atom stereocenters. The zero-order chi connectivity index (χ0) is 31.1. The summed E-state index contributed by atoms with van der Waals surface area (Å²) in [7, 11) is 0. The lowest BCUT2D eigenvalue weighted by Gasteiger charge is -2.14. The number of rotatable bonds is 3. The van der Waals surface area contributed by atoms with Crippen LogP contribution in [0.25, 0.3) is 87.7 Å². The van der Waals surface area contributed by atoms with Gasteiger partial charge in [-0.15, -0.1) is 0 Å². The molecular formula is C44H27BrN2.